The van der Waals surface area contributed by atoms with Crippen molar-refractivity contribution in [1.29, 1.82) is 0 Å². The van der Waals surface area contributed by atoms with Crippen molar-refractivity contribution in [2.75, 3.05) is 35.0 Å². The summed E-state index contributed by atoms with van der Waals surface area (Å²) >= 11 is 0. The van der Waals surface area contributed by atoms with Crippen LogP contribution >= 0.6 is 0 Å². The van der Waals surface area contributed by atoms with E-state index < -0.39 is 31.6 Å². The van der Waals surface area contributed by atoms with E-state index in [4.69, 9.17) is 0 Å². The van der Waals surface area contributed by atoms with Crippen molar-refractivity contribution in [3.63, 3.8) is 0 Å². The van der Waals surface area contributed by atoms with Gasteiger partial charge in [-0.3, -0.25) is 4.79 Å². The van der Waals surface area contributed by atoms with Gasteiger partial charge in [0.15, 0.2) is 19.7 Å². The second-order valence-corrected chi connectivity index (χ2v) is 11.0. The first-order valence-electron chi connectivity index (χ1n) is 7.92. The Morgan fingerprint density at radius 2 is 1.80 bits per heavy atom. The minimum atomic E-state index is -3.08. The van der Waals surface area contributed by atoms with Gasteiger partial charge in [-0.15, -0.1) is 0 Å². The number of anilines is 1. The van der Waals surface area contributed by atoms with Gasteiger partial charge in [0, 0.05) is 25.2 Å². The summed E-state index contributed by atoms with van der Waals surface area (Å²) in [5, 5.41) is 2.68. The van der Waals surface area contributed by atoms with Crippen LogP contribution < -0.4 is 10.2 Å². The maximum atomic E-state index is 12.3. The second kappa shape index (κ2) is 6.52. The fraction of sp³-hybridized carbons (Fsp3) is 0.643. The molecule has 1 aromatic heterocycles. The summed E-state index contributed by atoms with van der Waals surface area (Å²) < 4.78 is 46.2. The van der Waals surface area contributed by atoms with Crippen LogP contribution in [0.2, 0.25) is 0 Å². The Labute approximate surface area is 146 Å². The van der Waals surface area contributed by atoms with Gasteiger partial charge in [0.1, 0.15) is 17.8 Å². The summed E-state index contributed by atoms with van der Waals surface area (Å²) in [7, 11) is -4.37. The second-order valence-electron chi connectivity index (χ2n) is 6.50. The van der Waals surface area contributed by atoms with E-state index in [1.54, 1.807) is 11.9 Å². The van der Waals surface area contributed by atoms with Crippen molar-refractivity contribution in [2.45, 2.75) is 24.9 Å². The Kier molecular flexibility index (Phi) is 4.71. The molecule has 0 aliphatic carbocycles. The molecule has 0 saturated carbocycles. The lowest BCUT2D eigenvalue weighted by Gasteiger charge is -2.24. The molecule has 2 fully saturated rings. The molecular formula is C14H20N4O5S2. The van der Waals surface area contributed by atoms with E-state index in [2.05, 4.69) is 15.3 Å². The molecule has 1 aromatic rings. The van der Waals surface area contributed by atoms with E-state index in [9.17, 15) is 21.6 Å². The van der Waals surface area contributed by atoms with Gasteiger partial charge < -0.3 is 10.2 Å². The van der Waals surface area contributed by atoms with Gasteiger partial charge >= 0.3 is 0 Å². The van der Waals surface area contributed by atoms with E-state index >= 15 is 0 Å². The van der Waals surface area contributed by atoms with Crippen LogP contribution in [0.15, 0.2) is 12.4 Å². The average Bonchev–Trinajstić information content (AvgIpc) is 3.08. The van der Waals surface area contributed by atoms with E-state index in [0.29, 0.717) is 18.7 Å². The molecule has 3 rings (SSSR count). The fourth-order valence-corrected chi connectivity index (χ4v) is 6.55. The van der Waals surface area contributed by atoms with Crippen molar-refractivity contribution < 1.29 is 21.6 Å². The summed E-state index contributed by atoms with van der Waals surface area (Å²) in [5.74, 6) is 0.230. The fourth-order valence-electron chi connectivity index (χ4n) is 3.10. The molecule has 2 atom stereocenters. The highest BCUT2D eigenvalue weighted by Crippen LogP contribution is 2.21. The third-order valence-electron chi connectivity index (χ3n) is 4.57. The number of carbonyl (C=O) groups is 1. The van der Waals surface area contributed by atoms with Crippen LogP contribution in [-0.4, -0.2) is 74.9 Å². The SMILES string of the molecule is CN(c1cc(C(=O)NC2CCS(=O)(=O)C2)ncn1)C1CCS(=O)(=O)C1. The number of amides is 1. The third-order valence-corrected chi connectivity index (χ3v) is 8.09. The third kappa shape index (κ3) is 4.27. The highest BCUT2D eigenvalue weighted by atomic mass is 32.2. The Balaban J connectivity index is 1.70. The highest BCUT2D eigenvalue weighted by molar-refractivity contribution is 7.91. The molecule has 9 nitrogen and oxygen atoms in total. The molecule has 0 radical (unpaired) electrons. The number of nitrogens with one attached hydrogen (secondary N) is 1. The molecule has 0 spiro atoms. The van der Waals surface area contributed by atoms with E-state index in [-0.39, 0.29) is 34.7 Å². The van der Waals surface area contributed by atoms with Crippen LogP contribution in [0.3, 0.4) is 0 Å². The first-order chi connectivity index (χ1) is 11.7. The number of rotatable bonds is 4. The normalized spacial score (nSPS) is 27.1. The van der Waals surface area contributed by atoms with Crippen molar-refractivity contribution in [1.82, 2.24) is 15.3 Å². The quantitative estimate of drug-likeness (QED) is 0.697. The van der Waals surface area contributed by atoms with Gasteiger partial charge in [-0.05, 0) is 12.8 Å². The Bertz CT molecular complexity index is 884. The van der Waals surface area contributed by atoms with Gasteiger partial charge in [0.25, 0.3) is 5.91 Å². The van der Waals surface area contributed by atoms with E-state index in [1.807, 2.05) is 0 Å². The molecule has 2 saturated heterocycles. The lowest BCUT2D eigenvalue weighted by molar-refractivity contribution is 0.0936. The largest absolute Gasteiger partial charge is 0.356 e. The molecule has 0 aromatic carbocycles. The summed E-state index contributed by atoms with van der Waals surface area (Å²) in [6, 6.07) is 0.897. The number of hydrogen-bond donors (Lipinski definition) is 1. The zero-order valence-corrected chi connectivity index (χ0v) is 15.4. The Morgan fingerprint density at radius 1 is 1.12 bits per heavy atom. The first kappa shape index (κ1) is 18.1. The lowest BCUT2D eigenvalue weighted by atomic mass is 10.2. The summed E-state index contributed by atoms with van der Waals surface area (Å²) in [6.45, 7) is 0. The maximum absolute atomic E-state index is 12.3. The number of hydrogen-bond acceptors (Lipinski definition) is 8. The minimum absolute atomic E-state index is 0.0590. The molecule has 2 unspecified atom stereocenters. The van der Waals surface area contributed by atoms with Crippen LogP contribution in [-0.2, 0) is 19.7 Å². The van der Waals surface area contributed by atoms with Crippen LogP contribution in [0, 0.1) is 0 Å². The summed E-state index contributed by atoms with van der Waals surface area (Å²) in [6.07, 6.45) is 2.16. The van der Waals surface area contributed by atoms with Gasteiger partial charge in [0.2, 0.25) is 0 Å². The molecule has 138 valence electrons. The molecule has 3 heterocycles. The number of aromatic nitrogens is 2. The van der Waals surface area contributed by atoms with Gasteiger partial charge in [-0.25, -0.2) is 26.8 Å². The van der Waals surface area contributed by atoms with Crippen LogP contribution in [0.1, 0.15) is 23.3 Å². The van der Waals surface area contributed by atoms with Crippen molar-refractivity contribution in [3.8, 4) is 0 Å². The molecule has 0 bridgehead atoms. The zero-order chi connectivity index (χ0) is 18.2. The highest BCUT2D eigenvalue weighted by Gasteiger charge is 2.32. The Hall–Kier alpha value is -1.75. The van der Waals surface area contributed by atoms with Crippen molar-refractivity contribution in [2.24, 2.45) is 0 Å². The smallest absolute Gasteiger partial charge is 0.270 e. The summed E-state index contributed by atoms with van der Waals surface area (Å²) in [4.78, 5) is 22.1. The van der Waals surface area contributed by atoms with Gasteiger partial charge in [0.05, 0.1) is 23.0 Å². The standard InChI is InChI=1S/C14H20N4O5S2/c1-18(11-3-5-25(22,23)8-11)13-6-12(15-9-16-13)14(19)17-10-2-4-24(20,21)7-10/h6,9-11H,2-5,7-8H2,1H3,(H,17,19). The van der Waals surface area contributed by atoms with E-state index in [1.165, 1.54) is 12.4 Å². The number of nitrogens with zero attached hydrogens (tertiary/aromatic N) is 3. The lowest BCUT2D eigenvalue weighted by Crippen LogP contribution is -2.37. The molecule has 1 amide bonds. The van der Waals surface area contributed by atoms with Gasteiger partial charge in [-0.1, -0.05) is 0 Å². The van der Waals surface area contributed by atoms with Crippen LogP contribution in [0.4, 0.5) is 5.82 Å². The first-order valence-corrected chi connectivity index (χ1v) is 11.6. The predicted octanol–water partition coefficient (Wildman–Crippen LogP) is -0.983. The topological polar surface area (TPSA) is 126 Å². The zero-order valence-electron chi connectivity index (χ0n) is 13.8. The molecule has 2 aliphatic rings. The molecular weight excluding hydrogens is 368 g/mol. The van der Waals surface area contributed by atoms with E-state index in [0.717, 1.165) is 0 Å². The maximum Gasteiger partial charge on any atom is 0.270 e. The van der Waals surface area contributed by atoms with Crippen molar-refractivity contribution in [3.05, 3.63) is 18.1 Å². The molecule has 25 heavy (non-hydrogen) atoms. The molecule has 11 heteroatoms. The predicted molar refractivity (Wildman–Crippen MR) is 92.0 cm³/mol. The van der Waals surface area contributed by atoms with Crippen LogP contribution in [0.5, 0.6) is 0 Å². The number of sulfone groups is 2. The monoisotopic (exact) mass is 388 g/mol. The minimum Gasteiger partial charge on any atom is -0.356 e. The Morgan fingerprint density at radius 3 is 2.40 bits per heavy atom. The molecule has 1 N–H and O–H groups in total. The van der Waals surface area contributed by atoms with Gasteiger partial charge in [-0.2, -0.15) is 0 Å². The average molecular weight is 388 g/mol. The summed E-state index contributed by atoms with van der Waals surface area (Å²) in [5.41, 5.74) is 0.127. The van der Waals surface area contributed by atoms with Crippen molar-refractivity contribution >= 4 is 31.4 Å². The van der Waals surface area contributed by atoms with Crippen LogP contribution in [0.25, 0.3) is 0 Å². The number of carbonyl (C=O) groups excluding carboxylic acids is 1. The molecule has 2 aliphatic heterocycles.